The molecule has 21 heavy (non-hydrogen) atoms. The molecule has 0 radical (unpaired) electrons. The van der Waals surface area contributed by atoms with Gasteiger partial charge in [-0.15, -0.1) is 11.6 Å². The minimum Gasteiger partial charge on any atom is -0.495 e. The number of benzene rings is 2. The van der Waals surface area contributed by atoms with Crippen molar-refractivity contribution >= 4 is 27.5 Å². The summed E-state index contributed by atoms with van der Waals surface area (Å²) in [5.74, 6) is 1.66. The van der Waals surface area contributed by atoms with E-state index in [-0.39, 0.29) is 0 Å². The zero-order chi connectivity index (χ0) is 15.2. The van der Waals surface area contributed by atoms with Crippen LogP contribution in [0.5, 0.6) is 11.5 Å². The predicted molar refractivity (Wildman–Crippen MR) is 85.7 cm³/mol. The molecular formula is C16H13BrClNO2. The van der Waals surface area contributed by atoms with Crippen LogP contribution < -0.4 is 9.47 Å². The molecule has 0 aliphatic carbocycles. The predicted octanol–water partition coefficient (Wildman–Crippen LogP) is 4.65. The maximum absolute atomic E-state index is 8.97. The average molecular weight is 367 g/mol. The van der Waals surface area contributed by atoms with Gasteiger partial charge >= 0.3 is 0 Å². The van der Waals surface area contributed by atoms with Crippen molar-refractivity contribution in [3.63, 3.8) is 0 Å². The Kier molecular flexibility index (Phi) is 5.49. The first kappa shape index (κ1) is 15.7. The van der Waals surface area contributed by atoms with Crippen LogP contribution in [0.4, 0.5) is 0 Å². The first-order chi connectivity index (χ1) is 10.2. The standard InChI is InChI=1S/C16H13BrClNO2/c1-20-15-7-11(5-6-13(15)9-19)10-21-16-12(8-18)3-2-4-14(16)17/h2-7H,8,10H2,1H3. The third-order valence-corrected chi connectivity index (χ3v) is 3.87. The highest BCUT2D eigenvalue weighted by atomic mass is 79.9. The van der Waals surface area contributed by atoms with E-state index in [1.807, 2.05) is 24.3 Å². The lowest BCUT2D eigenvalue weighted by Crippen LogP contribution is -2.00. The molecule has 0 heterocycles. The molecule has 0 atom stereocenters. The van der Waals surface area contributed by atoms with Crippen molar-refractivity contribution in [2.24, 2.45) is 0 Å². The summed E-state index contributed by atoms with van der Waals surface area (Å²) in [6.07, 6.45) is 0. The molecule has 0 unspecified atom stereocenters. The SMILES string of the molecule is COc1cc(COc2c(Br)cccc2CCl)ccc1C#N. The van der Waals surface area contributed by atoms with Gasteiger partial charge in [0.1, 0.15) is 24.2 Å². The Hall–Kier alpha value is -1.70. The van der Waals surface area contributed by atoms with Crippen molar-refractivity contribution < 1.29 is 9.47 Å². The fourth-order valence-electron chi connectivity index (χ4n) is 1.89. The van der Waals surface area contributed by atoms with Gasteiger partial charge in [-0.05, 0) is 39.7 Å². The third-order valence-electron chi connectivity index (χ3n) is 2.96. The van der Waals surface area contributed by atoms with Gasteiger partial charge in [0.25, 0.3) is 0 Å². The largest absolute Gasteiger partial charge is 0.495 e. The van der Waals surface area contributed by atoms with Crippen LogP contribution in [0, 0.1) is 11.3 Å². The van der Waals surface area contributed by atoms with Crippen LogP contribution in [0.1, 0.15) is 16.7 Å². The van der Waals surface area contributed by atoms with Gasteiger partial charge in [0.15, 0.2) is 0 Å². The minimum absolute atomic E-state index is 0.370. The number of nitriles is 1. The van der Waals surface area contributed by atoms with Crippen molar-refractivity contribution in [1.82, 2.24) is 0 Å². The lowest BCUT2D eigenvalue weighted by Gasteiger charge is -2.12. The van der Waals surface area contributed by atoms with Crippen LogP contribution in [0.2, 0.25) is 0 Å². The highest BCUT2D eigenvalue weighted by Gasteiger charge is 2.09. The van der Waals surface area contributed by atoms with Gasteiger partial charge in [-0.25, -0.2) is 0 Å². The Morgan fingerprint density at radius 3 is 2.76 bits per heavy atom. The van der Waals surface area contributed by atoms with Crippen molar-refractivity contribution in [1.29, 1.82) is 5.26 Å². The number of ether oxygens (including phenoxy) is 2. The molecule has 0 N–H and O–H groups in total. The summed E-state index contributed by atoms with van der Waals surface area (Å²) in [5, 5.41) is 8.97. The van der Waals surface area contributed by atoms with E-state index in [0.717, 1.165) is 21.3 Å². The molecule has 2 aromatic carbocycles. The van der Waals surface area contributed by atoms with E-state index in [2.05, 4.69) is 22.0 Å². The zero-order valence-electron chi connectivity index (χ0n) is 11.4. The molecule has 0 aromatic heterocycles. The van der Waals surface area contributed by atoms with Crippen LogP contribution in [0.25, 0.3) is 0 Å². The third kappa shape index (κ3) is 3.69. The smallest absolute Gasteiger partial charge is 0.138 e. The monoisotopic (exact) mass is 365 g/mol. The average Bonchev–Trinajstić information content (AvgIpc) is 2.53. The van der Waals surface area contributed by atoms with Gasteiger partial charge in [0.05, 0.1) is 23.0 Å². The molecule has 0 saturated carbocycles. The van der Waals surface area contributed by atoms with E-state index in [4.69, 9.17) is 26.3 Å². The van der Waals surface area contributed by atoms with Gasteiger partial charge in [-0.1, -0.05) is 18.2 Å². The van der Waals surface area contributed by atoms with Gasteiger partial charge in [0, 0.05) is 5.56 Å². The van der Waals surface area contributed by atoms with Crippen molar-refractivity contribution in [3.8, 4) is 17.6 Å². The second-order valence-electron chi connectivity index (χ2n) is 4.30. The molecule has 5 heteroatoms. The highest BCUT2D eigenvalue weighted by Crippen LogP contribution is 2.31. The number of nitrogens with zero attached hydrogens (tertiary/aromatic N) is 1. The van der Waals surface area contributed by atoms with E-state index in [1.165, 1.54) is 0 Å². The highest BCUT2D eigenvalue weighted by molar-refractivity contribution is 9.10. The van der Waals surface area contributed by atoms with E-state index < -0.39 is 0 Å². The van der Waals surface area contributed by atoms with Gasteiger partial charge < -0.3 is 9.47 Å². The van der Waals surface area contributed by atoms with E-state index in [9.17, 15) is 0 Å². The second-order valence-corrected chi connectivity index (χ2v) is 5.42. The van der Waals surface area contributed by atoms with Crippen LogP contribution in [-0.2, 0) is 12.5 Å². The van der Waals surface area contributed by atoms with Crippen molar-refractivity contribution in [2.45, 2.75) is 12.5 Å². The van der Waals surface area contributed by atoms with Crippen LogP contribution in [0.15, 0.2) is 40.9 Å². The Morgan fingerprint density at radius 2 is 2.10 bits per heavy atom. The summed E-state index contributed by atoms with van der Waals surface area (Å²) in [4.78, 5) is 0. The summed E-state index contributed by atoms with van der Waals surface area (Å²) >= 11 is 9.38. The van der Waals surface area contributed by atoms with Crippen LogP contribution in [-0.4, -0.2) is 7.11 Å². The molecule has 0 saturated heterocycles. The maximum Gasteiger partial charge on any atom is 0.138 e. The zero-order valence-corrected chi connectivity index (χ0v) is 13.7. The molecule has 108 valence electrons. The van der Waals surface area contributed by atoms with Crippen molar-refractivity contribution in [2.75, 3.05) is 7.11 Å². The summed E-state index contributed by atoms with van der Waals surface area (Å²) in [5.41, 5.74) is 2.34. The molecule has 0 spiro atoms. The fraction of sp³-hybridized carbons (Fsp3) is 0.188. The molecule has 3 nitrogen and oxygen atoms in total. The Balaban J connectivity index is 2.19. The molecule has 0 bridgehead atoms. The number of hydrogen-bond acceptors (Lipinski definition) is 3. The molecule has 0 aliphatic rings. The Morgan fingerprint density at radius 1 is 1.29 bits per heavy atom. The van der Waals surface area contributed by atoms with E-state index in [1.54, 1.807) is 19.2 Å². The quantitative estimate of drug-likeness (QED) is 0.724. The van der Waals surface area contributed by atoms with Gasteiger partial charge in [-0.2, -0.15) is 5.26 Å². The minimum atomic E-state index is 0.370. The van der Waals surface area contributed by atoms with Crippen LogP contribution in [0.3, 0.4) is 0 Å². The Bertz CT molecular complexity index is 682. The van der Waals surface area contributed by atoms with Gasteiger partial charge in [0.2, 0.25) is 0 Å². The lowest BCUT2D eigenvalue weighted by molar-refractivity contribution is 0.301. The van der Waals surface area contributed by atoms with Crippen LogP contribution >= 0.6 is 27.5 Å². The molecule has 0 amide bonds. The topological polar surface area (TPSA) is 42.2 Å². The Labute approximate surface area is 137 Å². The summed E-state index contributed by atoms with van der Waals surface area (Å²) in [6.45, 7) is 0.370. The first-order valence-electron chi connectivity index (χ1n) is 6.22. The lowest BCUT2D eigenvalue weighted by atomic mass is 10.1. The molecule has 2 rings (SSSR count). The number of rotatable bonds is 5. The molecule has 0 fully saturated rings. The normalized spacial score (nSPS) is 10.0. The summed E-state index contributed by atoms with van der Waals surface area (Å²) in [6, 6.07) is 13.2. The number of halogens is 2. The summed E-state index contributed by atoms with van der Waals surface area (Å²) < 4.78 is 11.9. The molecule has 0 aliphatic heterocycles. The van der Waals surface area contributed by atoms with E-state index in [0.29, 0.717) is 23.8 Å². The molecular weight excluding hydrogens is 354 g/mol. The number of alkyl halides is 1. The van der Waals surface area contributed by atoms with Gasteiger partial charge in [-0.3, -0.25) is 0 Å². The maximum atomic E-state index is 8.97. The number of methoxy groups -OCH3 is 1. The fourth-order valence-corrected chi connectivity index (χ4v) is 2.63. The van der Waals surface area contributed by atoms with Crippen molar-refractivity contribution in [3.05, 3.63) is 57.6 Å². The summed E-state index contributed by atoms with van der Waals surface area (Å²) in [7, 11) is 1.54. The molecule has 2 aromatic rings. The number of para-hydroxylation sites is 1. The second kappa shape index (κ2) is 7.35. The first-order valence-corrected chi connectivity index (χ1v) is 7.55. The number of hydrogen-bond donors (Lipinski definition) is 0. The van der Waals surface area contributed by atoms with E-state index >= 15 is 0 Å².